The maximum atomic E-state index is 4.50. The molecule has 0 saturated carbocycles. The summed E-state index contributed by atoms with van der Waals surface area (Å²) < 4.78 is 0. The van der Waals surface area contributed by atoms with Gasteiger partial charge in [0.25, 0.3) is 0 Å². The van der Waals surface area contributed by atoms with Gasteiger partial charge in [0, 0.05) is 0 Å². The summed E-state index contributed by atoms with van der Waals surface area (Å²) in [4.78, 5) is 0. The average Bonchev–Trinajstić information content (AvgIpc) is 1.00. The van der Waals surface area contributed by atoms with E-state index in [9.17, 15) is 0 Å². The van der Waals surface area contributed by atoms with Crippen molar-refractivity contribution in [3.05, 3.63) is 0 Å². The van der Waals surface area contributed by atoms with Crippen LogP contribution in [-0.2, 0) is 0 Å². The summed E-state index contributed by atoms with van der Waals surface area (Å²) in [5, 5.41) is 0. The molecule has 0 aromatic carbocycles. The summed E-state index contributed by atoms with van der Waals surface area (Å²) in [5.41, 5.74) is 4.50. The first-order chi connectivity index (χ1) is 1.00. The van der Waals surface area contributed by atoms with E-state index in [-0.39, 0.29) is 122 Å². The molecule has 0 aliphatic carbocycles. The zero-order valence-corrected chi connectivity index (χ0v) is 17.8. The van der Waals surface area contributed by atoms with Gasteiger partial charge in [-0.15, -0.1) is 24.0 Å². The Morgan fingerprint density at radius 3 is 1.40 bits per heavy atom. The molecule has 1 nitrogen and oxygen atoms in total. The van der Waals surface area contributed by atoms with Crippen LogP contribution in [0.5, 0.6) is 0 Å². The van der Waals surface area contributed by atoms with E-state index in [0.717, 1.165) is 0 Å². The molecule has 0 aromatic rings. The van der Waals surface area contributed by atoms with E-state index in [1.165, 1.54) is 7.05 Å². The van der Waals surface area contributed by atoms with Crippen LogP contribution < -0.4 is 74.6 Å². The standard InChI is InChI=1S/CH5N.Cs.HI.Pb.3H/c1-2;;;;;;/h2H2,1H3;;1H;;;;/q;+1;;;;;-1. The van der Waals surface area contributed by atoms with Crippen molar-refractivity contribution in [1.29, 1.82) is 0 Å². The fourth-order valence-electron chi connectivity index (χ4n) is 0. The van der Waals surface area contributed by atoms with E-state index in [4.69, 9.17) is 0 Å². The molecule has 4 heteroatoms. The van der Waals surface area contributed by atoms with Crippen LogP contribution in [0.15, 0.2) is 0 Å². The summed E-state index contributed by atoms with van der Waals surface area (Å²) in [5.74, 6) is 0. The molecule has 2 radical (unpaired) electrons. The Hall–Kier alpha value is 3.66. The Kier molecular flexibility index (Phi) is 119. The van der Waals surface area contributed by atoms with Crippen molar-refractivity contribution in [2.24, 2.45) is 5.73 Å². The van der Waals surface area contributed by atoms with Crippen LogP contribution in [0.2, 0.25) is 0 Å². The van der Waals surface area contributed by atoms with Crippen molar-refractivity contribution in [2.75, 3.05) is 7.05 Å². The molecule has 2 N–H and O–H groups in total. The molecule has 0 saturated heterocycles. The molecule has 0 unspecified atom stereocenters. The molecule has 30 valence electrons. The fraction of sp³-hybridized carbons (Fsp3) is 1.00. The second kappa shape index (κ2) is 25.4. The van der Waals surface area contributed by atoms with E-state index in [2.05, 4.69) is 5.73 Å². The molecule has 0 aliphatic rings. The van der Waals surface area contributed by atoms with Crippen LogP contribution in [0.1, 0.15) is 1.43 Å². The van der Waals surface area contributed by atoms with E-state index in [1.54, 1.807) is 0 Å². The Bertz CT molecular complexity index is 15.5. The molecule has 0 aliphatic heterocycles. The van der Waals surface area contributed by atoms with Crippen LogP contribution in [0.25, 0.3) is 0 Å². The molecule has 0 spiro atoms. The first-order valence-electron chi connectivity index (χ1n) is 0.577. The third-order valence-corrected chi connectivity index (χ3v) is 0. The minimum absolute atomic E-state index is 0. The van der Waals surface area contributed by atoms with E-state index in [1.807, 2.05) is 0 Å². The predicted molar refractivity (Wildman–Crippen MR) is 35.2 cm³/mol. The zero-order chi connectivity index (χ0) is 2.00. The Labute approximate surface area is 130 Å². The van der Waals surface area contributed by atoms with Gasteiger partial charge in [0.2, 0.25) is 0 Å². The number of halogens is 1. The van der Waals surface area contributed by atoms with Gasteiger partial charge in [-0.2, -0.15) is 0 Å². The van der Waals surface area contributed by atoms with Crippen LogP contribution in [0.4, 0.5) is 0 Å². The minimum atomic E-state index is 0. The summed E-state index contributed by atoms with van der Waals surface area (Å²) in [6, 6.07) is 0. The van der Waals surface area contributed by atoms with Gasteiger partial charge in [0.15, 0.2) is 0 Å². The zero-order valence-electron chi connectivity index (χ0n) is 4.69. The average molecular weight is 502 g/mol. The molecule has 0 atom stereocenters. The van der Waals surface area contributed by atoms with E-state index in [0.29, 0.717) is 0 Å². The van der Waals surface area contributed by atoms with Crippen molar-refractivity contribution in [2.45, 2.75) is 0 Å². The van der Waals surface area contributed by atoms with Crippen molar-refractivity contribution in [3.63, 3.8) is 0 Å². The van der Waals surface area contributed by atoms with E-state index >= 15 is 0 Å². The third-order valence-electron chi connectivity index (χ3n) is 0. The quantitative estimate of drug-likeness (QED) is 0.269. The second-order valence-electron chi connectivity index (χ2n) is 0. The molecule has 0 amide bonds. The molecule has 0 aromatic heterocycles. The van der Waals surface area contributed by atoms with Crippen LogP contribution in [-0.4, -0.2) is 34.3 Å². The molecular formula is CH9CsINPb. The van der Waals surface area contributed by atoms with Gasteiger partial charge in [-0.3, -0.25) is 0 Å². The fourth-order valence-corrected chi connectivity index (χ4v) is 0. The van der Waals surface area contributed by atoms with Gasteiger partial charge in [-0.05, 0) is 7.05 Å². The summed E-state index contributed by atoms with van der Waals surface area (Å²) in [6.45, 7) is 0. The maximum absolute atomic E-state index is 4.50. The monoisotopic (exact) mass is 503 g/mol. The summed E-state index contributed by atoms with van der Waals surface area (Å²) >= 11 is 0. The number of hydrogen-bond donors (Lipinski definition) is 1. The normalized spacial score (nSPS) is 1.20. The first-order valence-corrected chi connectivity index (χ1v) is 0.577. The number of nitrogens with two attached hydrogens (primary N) is 1. The van der Waals surface area contributed by atoms with Gasteiger partial charge >= 0.3 is 96.2 Å². The molecule has 0 fully saturated rings. The van der Waals surface area contributed by atoms with Crippen LogP contribution in [0.3, 0.4) is 0 Å². The molecule has 5 heavy (non-hydrogen) atoms. The van der Waals surface area contributed by atoms with Crippen LogP contribution in [0, 0.1) is 0 Å². The third kappa shape index (κ3) is 18.3. The van der Waals surface area contributed by atoms with E-state index < -0.39 is 0 Å². The number of hydrogen-bond acceptors (Lipinski definition) is 1. The topological polar surface area (TPSA) is 26.0 Å². The van der Waals surface area contributed by atoms with Gasteiger partial charge < -0.3 is 7.16 Å². The molecule has 0 rings (SSSR count). The molecule has 0 heterocycles. The Morgan fingerprint density at radius 2 is 1.40 bits per heavy atom. The number of rotatable bonds is 0. The Morgan fingerprint density at radius 1 is 1.40 bits per heavy atom. The van der Waals surface area contributed by atoms with Gasteiger partial charge in [0.05, 0.1) is 0 Å². The Balaban J connectivity index is -0.000000000833. The summed E-state index contributed by atoms with van der Waals surface area (Å²) in [6.07, 6.45) is 0. The van der Waals surface area contributed by atoms with Gasteiger partial charge in [-0.25, -0.2) is 0 Å². The van der Waals surface area contributed by atoms with Crippen LogP contribution >= 0.6 is 24.0 Å². The van der Waals surface area contributed by atoms with Crippen molar-refractivity contribution in [1.82, 2.24) is 0 Å². The summed E-state index contributed by atoms with van der Waals surface area (Å²) in [7, 11) is 1.50. The first kappa shape index (κ1) is 23.4. The van der Waals surface area contributed by atoms with Gasteiger partial charge in [0.1, 0.15) is 0 Å². The van der Waals surface area contributed by atoms with Crippen molar-refractivity contribution in [3.8, 4) is 0 Å². The predicted octanol–water partition coefficient (Wildman–Crippen LogP) is -3.61. The second-order valence-corrected chi connectivity index (χ2v) is 0. The molecular weight excluding hydrogens is 493 g/mol. The van der Waals surface area contributed by atoms with Gasteiger partial charge in [-0.1, -0.05) is 0 Å². The molecule has 0 bridgehead atoms. The van der Waals surface area contributed by atoms with Crippen molar-refractivity contribution < 1.29 is 70.3 Å². The van der Waals surface area contributed by atoms with Crippen molar-refractivity contribution >= 4 is 51.3 Å². The SMILES string of the molecule is CN.I.[Cs+].[H-].[PbH2].